The Balaban J connectivity index is 2.36. The third-order valence-corrected chi connectivity index (χ3v) is 2.25. The fraction of sp³-hybridized carbons (Fsp3) is 0.875. The van der Waals surface area contributed by atoms with Crippen molar-refractivity contribution in [1.29, 1.82) is 0 Å². The van der Waals surface area contributed by atoms with E-state index < -0.39 is 17.8 Å². The Labute approximate surface area is 75.1 Å². The highest BCUT2D eigenvalue weighted by Gasteiger charge is 2.39. The Morgan fingerprint density at radius 3 is 2.77 bits per heavy atom. The molecule has 0 aromatic carbocycles. The molecule has 0 bridgehead atoms. The average molecular weight is 193 g/mol. The summed E-state index contributed by atoms with van der Waals surface area (Å²) in [5.74, 6) is -4.16. The molecule has 0 radical (unpaired) electrons. The standard InChI is InChI=1S/C8H13F2NO2/c1-5(7(12)13)2-6-3-8(9,10)4-11-6/h5-6,11H,2-4H2,1H3,(H,12,13)/t5?,6-/m1/s1. The van der Waals surface area contributed by atoms with Crippen LogP contribution in [0.2, 0.25) is 0 Å². The van der Waals surface area contributed by atoms with E-state index in [-0.39, 0.29) is 25.4 Å². The predicted molar refractivity (Wildman–Crippen MR) is 42.8 cm³/mol. The summed E-state index contributed by atoms with van der Waals surface area (Å²) in [6.45, 7) is 1.20. The topological polar surface area (TPSA) is 49.3 Å². The van der Waals surface area contributed by atoms with Gasteiger partial charge in [-0.1, -0.05) is 6.92 Å². The highest BCUT2D eigenvalue weighted by atomic mass is 19.3. The van der Waals surface area contributed by atoms with Crippen LogP contribution in [0, 0.1) is 5.92 Å². The normalized spacial score (nSPS) is 28.7. The van der Waals surface area contributed by atoms with Gasteiger partial charge in [0.25, 0.3) is 5.92 Å². The van der Waals surface area contributed by atoms with Gasteiger partial charge in [-0.3, -0.25) is 4.79 Å². The van der Waals surface area contributed by atoms with Gasteiger partial charge in [0.05, 0.1) is 12.5 Å². The van der Waals surface area contributed by atoms with Crippen LogP contribution < -0.4 is 5.32 Å². The monoisotopic (exact) mass is 193 g/mol. The lowest BCUT2D eigenvalue weighted by Gasteiger charge is -2.12. The summed E-state index contributed by atoms with van der Waals surface area (Å²) in [5.41, 5.74) is 0. The molecule has 2 atom stereocenters. The zero-order valence-electron chi connectivity index (χ0n) is 7.39. The average Bonchev–Trinajstić information content (AvgIpc) is 2.30. The van der Waals surface area contributed by atoms with Gasteiger partial charge in [0, 0.05) is 12.5 Å². The van der Waals surface area contributed by atoms with Crippen LogP contribution in [-0.4, -0.2) is 29.6 Å². The molecule has 0 aliphatic carbocycles. The van der Waals surface area contributed by atoms with E-state index in [1.54, 1.807) is 0 Å². The minimum absolute atomic E-state index is 0.245. The van der Waals surface area contributed by atoms with Gasteiger partial charge in [-0.05, 0) is 6.42 Å². The Hall–Kier alpha value is -0.710. The first-order valence-corrected chi connectivity index (χ1v) is 4.25. The number of halogens is 2. The molecule has 1 saturated heterocycles. The number of aliphatic carboxylic acids is 1. The molecule has 1 rings (SSSR count). The van der Waals surface area contributed by atoms with Crippen molar-refractivity contribution in [2.45, 2.75) is 31.7 Å². The van der Waals surface area contributed by atoms with Crippen molar-refractivity contribution >= 4 is 5.97 Å². The number of nitrogens with one attached hydrogen (secondary N) is 1. The molecular weight excluding hydrogens is 180 g/mol. The molecule has 0 aromatic heterocycles. The van der Waals surface area contributed by atoms with Crippen LogP contribution in [0.4, 0.5) is 8.78 Å². The summed E-state index contributed by atoms with van der Waals surface area (Å²) < 4.78 is 25.3. The van der Waals surface area contributed by atoms with E-state index in [1.165, 1.54) is 6.92 Å². The molecule has 0 spiro atoms. The van der Waals surface area contributed by atoms with Crippen LogP contribution in [0.3, 0.4) is 0 Å². The van der Waals surface area contributed by atoms with Gasteiger partial charge < -0.3 is 10.4 Å². The second-order valence-corrected chi connectivity index (χ2v) is 3.61. The number of alkyl halides is 2. The van der Waals surface area contributed by atoms with Crippen LogP contribution in [0.5, 0.6) is 0 Å². The van der Waals surface area contributed by atoms with Crippen LogP contribution >= 0.6 is 0 Å². The van der Waals surface area contributed by atoms with Crippen LogP contribution in [0.15, 0.2) is 0 Å². The van der Waals surface area contributed by atoms with Crippen molar-refractivity contribution < 1.29 is 18.7 Å². The predicted octanol–water partition coefficient (Wildman–Crippen LogP) is 1.09. The molecule has 0 aromatic rings. The largest absolute Gasteiger partial charge is 0.481 e. The summed E-state index contributed by atoms with van der Waals surface area (Å²) in [4.78, 5) is 10.4. The minimum atomic E-state index is -2.66. The highest BCUT2D eigenvalue weighted by Crippen LogP contribution is 2.27. The van der Waals surface area contributed by atoms with E-state index in [9.17, 15) is 13.6 Å². The van der Waals surface area contributed by atoms with Crippen LogP contribution in [-0.2, 0) is 4.79 Å². The van der Waals surface area contributed by atoms with Gasteiger partial charge in [-0.15, -0.1) is 0 Å². The summed E-state index contributed by atoms with van der Waals surface area (Å²) >= 11 is 0. The smallest absolute Gasteiger partial charge is 0.306 e. The van der Waals surface area contributed by atoms with E-state index >= 15 is 0 Å². The van der Waals surface area contributed by atoms with E-state index in [0.717, 1.165) is 0 Å². The quantitative estimate of drug-likeness (QED) is 0.705. The molecule has 0 saturated carbocycles. The number of rotatable bonds is 3. The van der Waals surface area contributed by atoms with Gasteiger partial charge >= 0.3 is 5.97 Å². The Morgan fingerprint density at radius 1 is 1.77 bits per heavy atom. The molecule has 13 heavy (non-hydrogen) atoms. The molecule has 1 aliphatic rings. The summed E-state index contributed by atoms with van der Waals surface area (Å²) in [6.07, 6.45) is 0.0234. The maximum absolute atomic E-state index is 12.6. The zero-order chi connectivity index (χ0) is 10.1. The summed E-state index contributed by atoms with van der Waals surface area (Å²) in [7, 11) is 0. The first-order valence-electron chi connectivity index (χ1n) is 4.25. The highest BCUT2D eigenvalue weighted by molar-refractivity contribution is 5.69. The first kappa shape index (κ1) is 10.4. The second kappa shape index (κ2) is 3.57. The van der Waals surface area contributed by atoms with Crippen LogP contribution in [0.25, 0.3) is 0 Å². The van der Waals surface area contributed by atoms with Gasteiger partial charge in [-0.25, -0.2) is 8.78 Å². The number of carboxylic acids is 1. The molecule has 5 heteroatoms. The molecule has 1 aliphatic heterocycles. The van der Waals surface area contributed by atoms with Gasteiger partial charge in [0.15, 0.2) is 0 Å². The summed E-state index contributed by atoms with van der Waals surface area (Å²) in [5, 5.41) is 11.2. The second-order valence-electron chi connectivity index (χ2n) is 3.61. The molecule has 1 fully saturated rings. The van der Waals surface area contributed by atoms with E-state index in [2.05, 4.69) is 5.32 Å². The lowest BCUT2D eigenvalue weighted by atomic mass is 10.0. The van der Waals surface area contributed by atoms with Gasteiger partial charge in [0.1, 0.15) is 0 Å². The van der Waals surface area contributed by atoms with E-state index in [1.807, 2.05) is 0 Å². The summed E-state index contributed by atoms with van der Waals surface area (Å²) in [6, 6.07) is -0.360. The van der Waals surface area contributed by atoms with Crippen molar-refractivity contribution in [3.63, 3.8) is 0 Å². The van der Waals surface area contributed by atoms with Gasteiger partial charge in [0.2, 0.25) is 0 Å². The minimum Gasteiger partial charge on any atom is -0.481 e. The Morgan fingerprint density at radius 2 is 2.38 bits per heavy atom. The Kier molecular flexibility index (Phi) is 2.85. The molecule has 0 amide bonds. The molecule has 1 heterocycles. The van der Waals surface area contributed by atoms with Crippen molar-refractivity contribution in [2.75, 3.05) is 6.54 Å². The zero-order valence-corrected chi connectivity index (χ0v) is 7.39. The Bertz CT molecular complexity index is 208. The fourth-order valence-corrected chi connectivity index (χ4v) is 1.49. The molecule has 2 N–H and O–H groups in total. The first-order chi connectivity index (χ1) is 5.91. The molecule has 76 valence electrons. The maximum Gasteiger partial charge on any atom is 0.306 e. The van der Waals surface area contributed by atoms with Crippen molar-refractivity contribution in [1.82, 2.24) is 5.32 Å². The number of carbonyl (C=O) groups is 1. The maximum atomic E-state index is 12.6. The number of hydrogen-bond donors (Lipinski definition) is 2. The van der Waals surface area contributed by atoms with E-state index in [0.29, 0.717) is 0 Å². The van der Waals surface area contributed by atoms with Crippen molar-refractivity contribution in [2.24, 2.45) is 5.92 Å². The van der Waals surface area contributed by atoms with Crippen LogP contribution in [0.1, 0.15) is 19.8 Å². The lowest BCUT2D eigenvalue weighted by Crippen LogP contribution is -2.26. The third-order valence-electron chi connectivity index (χ3n) is 2.25. The number of hydrogen-bond acceptors (Lipinski definition) is 2. The van der Waals surface area contributed by atoms with Gasteiger partial charge in [-0.2, -0.15) is 0 Å². The van der Waals surface area contributed by atoms with Crippen molar-refractivity contribution in [3.8, 4) is 0 Å². The number of carboxylic acid groups (broad SMARTS) is 1. The fourth-order valence-electron chi connectivity index (χ4n) is 1.49. The van der Waals surface area contributed by atoms with Crippen molar-refractivity contribution in [3.05, 3.63) is 0 Å². The lowest BCUT2D eigenvalue weighted by molar-refractivity contribution is -0.141. The molecule has 1 unspecified atom stereocenters. The molecular formula is C8H13F2NO2. The molecule has 3 nitrogen and oxygen atoms in total. The SMILES string of the molecule is CC(C[C@@H]1CC(F)(F)CN1)C(=O)O. The third kappa shape index (κ3) is 2.91. The van der Waals surface area contributed by atoms with E-state index in [4.69, 9.17) is 5.11 Å².